The standard InChI is InChI=1S/C28H44FN5O4S.C2H6O.H2O.H2/c1-5-7-22(3)32-20-25-13-14-28(21-32,27(35)30-38-26(37-4)8-6-2)34(25)39(36)33-17-15-31(16-18-33)19-23-9-11-24(29)12-10-23;1-3-2;;/h9-12,25-26H,3,5-8,13-21H2,1-2,4H3,(H,30,35);1-2H3;1H2;1H. The number of hydrogen-bond donors (Lipinski definition) is 1. The van der Waals surface area contributed by atoms with E-state index in [-0.39, 0.29) is 24.7 Å². The molecule has 0 radical (unpaired) electrons. The molecule has 0 aromatic heterocycles. The van der Waals surface area contributed by atoms with E-state index >= 15 is 0 Å². The molecule has 3 saturated heterocycles. The summed E-state index contributed by atoms with van der Waals surface area (Å²) in [6.07, 6.45) is 4.20. The molecule has 11 nitrogen and oxygen atoms in total. The van der Waals surface area contributed by atoms with Crippen molar-refractivity contribution in [3.05, 3.63) is 47.9 Å². The molecule has 4 rings (SSSR count). The van der Waals surface area contributed by atoms with E-state index in [1.165, 1.54) is 12.1 Å². The van der Waals surface area contributed by atoms with Crippen LogP contribution < -0.4 is 5.48 Å². The van der Waals surface area contributed by atoms with Gasteiger partial charge in [-0.2, -0.15) is 4.31 Å². The van der Waals surface area contributed by atoms with Crippen molar-refractivity contribution in [1.82, 2.24) is 23.9 Å². The first-order valence-corrected chi connectivity index (χ1v) is 16.0. The largest absolute Gasteiger partial charge is 0.412 e. The highest BCUT2D eigenvalue weighted by Gasteiger charge is 2.59. The summed E-state index contributed by atoms with van der Waals surface area (Å²) in [5.74, 6) is -0.515. The number of rotatable bonds is 13. The van der Waals surface area contributed by atoms with E-state index in [1.54, 1.807) is 21.3 Å². The van der Waals surface area contributed by atoms with Crippen LogP contribution in [-0.2, 0) is 36.8 Å². The molecule has 3 aliphatic rings. The number of nitrogens with one attached hydrogen (secondary N) is 1. The Bertz CT molecular complexity index is 1040. The van der Waals surface area contributed by atoms with Crippen LogP contribution in [0.4, 0.5) is 4.39 Å². The number of hydroxylamine groups is 1. The average Bonchev–Trinajstić information content (AvgIpc) is 3.23. The van der Waals surface area contributed by atoms with Crippen molar-refractivity contribution < 1.29 is 34.6 Å². The van der Waals surface area contributed by atoms with Crippen LogP contribution in [0, 0.1) is 5.82 Å². The summed E-state index contributed by atoms with van der Waals surface area (Å²) in [6, 6.07) is 6.56. The molecule has 3 heterocycles. The van der Waals surface area contributed by atoms with Gasteiger partial charge in [0.2, 0.25) is 0 Å². The van der Waals surface area contributed by atoms with Gasteiger partial charge in [0, 0.05) is 86.7 Å². The maximum atomic E-state index is 14.1. The second kappa shape index (κ2) is 18.1. The number of carbonyl (C=O) groups excluding carboxylic acids is 1. The van der Waals surface area contributed by atoms with Crippen LogP contribution in [0.2, 0.25) is 0 Å². The number of carbonyl (C=O) groups is 1. The van der Waals surface area contributed by atoms with E-state index in [4.69, 9.17) is 9.57 Å². The number of ether oxygens (including phenoxy) is 2. The number of amides is 1. The van der Waals surface area contributed by atoms with Crippen LogP contribution in [0.15, 0.2) is 36.5 Å². The summed E-state index contributed by atoms with van der Waals surface area (Å²) >= 11 is -1.48. The summed E-state index contributed by atoms with van der Waals surface area (Å²) in [7, 11) is 4.81. The van der Waals surface area contributed by atoms with Crippen molar-refractivity contribution >= 4 is 17.1 Å². The van der Waals surface area contributed by atoms with Gasteiger partial charge in [0.15, 0.2) is 17.5 Å². The molecule has 3 fully saturated rings. The van der Waals surface area contributed by atoms with Crippen molar-refractivity contribution in [2.24, 2.45) is 0 Å². The van der Waals surface area contributed by atoms with Gasteiger partial charge in [0.1, 0.15) is 11.4 Å². The fourth-order valence-corrected chi connectivity index (χ4v) is 7.55. The maximum absolute atomic E-state index is 14.1. The van der Waals surface area contributed by atoms with Gasteiger partial charge in [0.05, 0.1) is 0 Å². The maximum Gasteiger partial charge on any atom is 0.266 e. The number of nitrogens with zero attached hydrogens (tertiary/aromatic N) is 4. The first-order chi connectivity index (χ1) is 20.2. The van der Waals surface area contributed by atoms with Crippen LogP contribution in [0.5, 0.6) is 0 Å². The number of likely N-dealkylation sites (tertiary alicyclic amines) is 1. The Balaban J connectivity index is 0.00000186. The number of fused-ring (bicyclic) bond motifs is 2. The summed E-state index contributed by atoms with van der Waals surface area (Å²) < 4.78 is 40.9. The van der Waals surface area contributed by atoms with Gasteiger partial charge in [-0.1, -0.05) is 45.4 Å². The van der Waals surface area contributed by atoms with Crippen LogP contribution >= 0.6 is 0 Å². The minimum Gasteiger partial charge on any atom is -0.412 e. The smallest absolute Gasteiger partial charge is 0.266 e. The predicted octanol–water partition coefficient (Wildman–Crippen LogP) is 2.86. The van der Waals surface area contributed by atoms with E-state index in [9.17, 15) is 13.4 Å². The molecule has 1 aromatic carbocycles. The Morgan fingerprint density at radius 1 is 1.16 bits per heavy atom. The molecule has 13 heteroatoms. The molecule has 0 aliphatic carbocycles. The Morgan fingerprint density at radius 2 is 1.81 bits per heavy atom. The molecular formula is C30H54FN5O6S. The lowest BCUT2D eigenvalue weighted by atomic mass is 9.95. The van der Waals surface area contributed by atoms with E-state index in [2.05, 4.69) is 33.5 Å². The Kier molecular flexibility index (Phi) is 15.7. The Hall–Kier alpha value is -1.97. The highest BCUT2D eigenvalue weighted by atomic mass is 32.2. The van der Waals surface area contributed by atoms with Gasteiger partial charge >= 0.3 is 0 Å². The number of piperazine rings is 2. The quantitative estimate of drug-likeness (QED) is 0.263. The zero-order valence-electron chi connectivity index (χ0n) is 26.5. The number of allylic oxidation sites excluding steroid dienone is 1. The minimum absolute atomic E-state index is 0. The van der Waals surface area contributed by atoms with Crippen molar-refractivity contribution in [2.45, 2.75) is 76.8 Å². The van der Waals surface area contributed by atoms with E-state index < -0.39 is 23.0 Å². The van der Waals surface area contributed by atoms with Crippen LogP contribution in [0.3, 0.4) is 0 Å². The first-order valence-electron chi connectivity index (χ1n) is 15.0. The first kappa shape index (κ1) is 37.2. The van der Waals surface area contributed by atoms with Gasteiger partial charge < -0.3 is 19.8 Å². The topological polar surface area (TPSA) is 118 Å². The molecule has 248 valence electrons. The Morgan fingerprint density at radius 3 is 2.40 bits per heavy atom. The molecule has 4 atom stereocenters. The lowest BCUT2D eigenvalue weighted by molar-refractivity contribution is -0.186. The third-order valence-electron chi connectivity index (χ3n) is 8.05. The minimum atomic E-state index is -1.48. The van der Waals surface area contributed by atoms with E-state index in [1.807, 2.05) is 27.7 Å². The van der Waals surface area contributed by atoms with Gasteiger partial charge in [-0.3, -0.25) is 9.69 Å². The van der Waals surface area contributed by atoms with Crippen LogP contribution in [-0.4, -0.2) is 112 Å². The molecule has 3 aliphatic heterocycles. The molecule has 1 amide bonds. The van der Waals surface area contributed by atoms with Crippen LogP contribution in [0.25, 0.3) is 0 Å². The van der Waals surface area contributed by atoms with E-state index in [0.29, 0.717) is 39.0 Å². The molecule has 2 bridgehead atoms. The molecular weight excluding hydrogens is 577 g/mol. The fraction of sp³-hybridized carbons (Fsp3) is 0.700. The van der Waals surface area contributed by atoms with Crippen LogP contribution in [0.1, 0.15) is 59.4 Å². The van der Waals surface area contributed by atoms with Gasteiger partial charge in [-0.25, -0.2) is 23.2 Å². The second-order valence-electron chi connectivity index (χ2n) is 11.2. The number of benzene rings is 1. The van der Waals surface area contributed by atoms with Gasteiger partial charge in [-0.05, 0) is 37.0 Å². The molecule has 0 saturated carbocycles. The normalized spacial score (nSPS) is 24.0. The zero-order chi connectivity index (χ0) is 30.7. The zero-order valence-corrected chi connectivity index (χ0v) is 27.3. The Labute approximate surface area is 260 Å². The third-order valence-corrected chi connectivity index (χ3v) is 9.84. The third kappa shape index (κ3) is 9.51. The lowest BCUT2D eigenvalue weighted by Crippen LogP contribution is -2.69. The monoisotopic (exact) mass is 631 g/mol. The lowest BCUT2D eigenvalue weighted by Gasteiger charge is -2.49. The van der Waals surface area contributed by atoms with Gasteiger partial charge in [-0.15, -0.1) is 0 Å². The van der Waals surface area contributed by atoms with Crippen molar-refractivity contribution in [1.29, 1.82) is 0 Å². The van der Waals surface area contributed by atoms with Gasteiger partial charge in [0.25, 0.3) is 5.91 Å². The fourth-order valence-electron chi connectivity index (χ4n) is 5.87. The predicted molar refractivity (Wildman–Crippen MR) is 168 cm³/mol. The summed E-state index contributed by atoms with van der Waals surface area (Å²) in [6.45, 7) is 13.0. The van der Waals surface area contributed by atoms with Crippen molar-refractivity contribution in [3.8, 4) is 0 Å². The SMILES string of the molecule is C=C(CCC)N1CC2CCC(C(=O)NOC(CCC)OC)(C1)N2S(=O)N1CCN(Cc2ccc(F)cc2)CC1.COC.O.[HH]. The molecule has 4 unspecified atom stereocenters. The van der Waals surface area contributed by atoms with Crippen molar-refractivity contribution in [2.75, 3.05) is 60.6 Å². The molecule has 43 heavy (non-hydrogen) atoms. The summed E-state index contributed by atoms with van der Waals surface area (Å²) in [5, 5.41) is 0. The van der Waals surface area contributed by atoms with Crippen molar-refractivity contribution in [3.63, 3.8) is 0 Å². The summed E-state index contributed by atoms with van der Waals surface area (Å²) in [5.41, 5.74) is 3.76. The van der Waals surface area contributed by atoms with E-state index in [0.717, 1.165) is 56.6 Å². The second-order valence-corrected chi connectivity index (χ2v) is 12.6. The number of halogens is 1. The highest BCUT2D eigenvalue weighted by molar-refractivity contribution is 7.80. The average molecular weight is 632 g/mol. The summed E-state index contributed by atoms with van der Waals surface area (Å²) in [4.78, 5) is 24.0. The number of methoxy groups -OCH3 is 2. The number of hydrogen-bond acceptors (Lipinski definition) is 7. The highest BCUT2D eigenvalue weighted by Crippen LogP contribution is 2.42. The molecule has 3 N–H and O–H groups in total. The molecule has 0 spiro atoms. The molecule has 1 aromatic rings.